The summed E-state index contributed by atoms with van der Waals surface area (Å²) in [6.45, 7) is 5.63. The Morgan fingerprint density at radius 1 is 1.10 bits per heavy atom. The van der Waals surface area contributed by atoms with Gasteiger partial charge in [0.2, 0.25) is 5.91 Å². The van der Waals surface area contributed by atoms with E-state index in [2.05, 4.69) is 22.3 Å². The summed E-state index contributed by atoms with van der Waals surface area (Å²) in [5.41, 5.74) is 1.49. The number of ketones is 1. The van der Waals surface area contributed by atoms with Crippen LogP contribution in [0.15, 0.2) is 53.4 Å². The first-order valence-electron chi connectivity index (χ1n) is 14.5. The number of likely N-dealkylation sites (N-methyl/N-ethyl adjacent to an activating group) is 1. The molecule has 6 nitrogen and oxygen atoms in total. The van der Waals surface area contributed by atoms with Crippen molar-refractivity contribution in [2.45, 2.75) is 69.4 Å². The summed E-state index contributed by atoms with van der Waals surface area (Å²) in [5, 5.41) is 14.5. The number of aliphatic hydroxyl groups is 1. The summed E-state index contributed by atoms with van der Waals surface area (Å²) in [7, 11) is 1.70. The van der Waals surface area contributed by atoms with Gasteiger partial charge in [0, 0.05) is 54.3 Å². The molecule has 2 fully saturated rings. The zero-order valence-electron chi connectivity index (χ0n) is 23.6. The Labute approximate surface area is 237 Å². The molecule has 2 aromatic carbocycles. The number of carbonyl (C=O) groups excluding carboxylic acids is 2. The summed E-state index contributed by atoms with van der Waals surface area (Å²) in [5.74, 6) is 2.29. The fraction of sp³-hybridized carbons (Fsp3) is 0.562. The highest BCUT2D eigenvalue weighted by Crippen LogP contribution is 2.39. The number of rotatable bonds is 12. The lowest BCUT2D eigenvalue weighted by Gasteiger charge is -2.46. The van der Waals surface area contributed by atoms with Crippen LogP contribution < -0.4 is 10.1 Å². The molecule has 1 saturated carbocycles. The van der Waals surface area contributed by atoms with Gasteiger partial charge in [0.05, 0.1) is 18.8 Å². The Kier molecular flexibility index (Phi) is 10.9. The molecule has 1 heterocycles. The van der Waals surface area contributed by atoms with Crippen molar-refractivity contribution in [2.75, 3.05) is 32.5 Å². The van der Waals surface area contributed by atoms with E-state index >= 15 is 0 Å². The summed E-state index contributed by atoms with van der Waals surface area (Å²) in [6.07, 6.45) is 5.24. The molecule has 212 valence electrons. The van der Waals surface area contributed by atoms with Gasteiger partial charge >= 0.3 is 0 Å². The van der Waals surface area contributed by atoms with Gasteiger partial charge in [0.25, 0.3) is 0 Å². The van der Waals surface area contributed by atoms with Crippen molar-refractivity contribution in [3.8, 4) is 5.75 Å². The molecule has 39 heavy (non-hydrogen) atoms. The first-order chi connectivity index (χ1) is 18.9. The highest BCUT2D eigenvalue weighted by molar-refractivity contribution is 7.99. The number of amides is 1. The number of benzene rings is 2. The molecule has 7 heteroatoms. The number of ether oxygens (including phenoxy) is 1. The van der Waals surface area contributed by atoms with Gasteiger partial charge < -0.3 is 15.2 Å². The standard InChI is InChI=1S/C32H44N2O4S/c1-4-38-31-16-10-15-27(22(31)2)29(35)18-25(21-39-26-13-6-5-7-14-26)30(36)20-34-19-24-12-9-8-11-23(24)17-28(34)32(37)33-3/h5-7,10,13-16,23-25,28,30,36H,4,8-9,11-12,17-21H2,1-3H3,(H,33,37). The maximum atomic E-state index is 13.6. The van der Waals surface area contributed by atoms with E-state index in [-0.39, 0.29) is 30.1 Å². The number of carbonyl (C=O) groups is 2. The van der Waals surface area contributed by atoms with Crippen LogP contribution in [0.2, 0.25) is 0 Å². The molecule has 0 aromatic heterocycles. The number of β-amino-alcohol motifs (C(OH)–C–C–N with tert-alkyl or cyclic N) is 1. The first kappa shape index (κ1) is 29.6. The van der Waals surface area contributed by atoms with Crippen molar-refractivity contribution in [1.82, 2.24) is 10.2 Å². The molecular formula is C32H44N2O4S. The average Bonchev–Trinajstić information content (AvgIpc) is 2.96. The lowest BCUT2D eigenvalue weighted by atomic mass is 9.72. The Morgan fingerprint density at radius 3 is 2.56 bits per heavy atom. The molecule has 2 aromatic rings. The lowest BCUT2D eigenvalue weighted by molar-refractivity contribution is -0.130. The number of nitrogens with one attached hydrogen (secondary N) is 1. The van der Waals surface area contributed by atoms with E-state index in [1.165, 1.54) is 25.7 Å². The van der Waals surface area contributed by atoms with Crippen molar-refractivity contribution in [1.29, 1.82) is 0 Å². The van der Waals surface area contributed by atoms with Crippen molar-refractivity contribution < 1.29 is 19.4 Å². The second-order valence-corrected chi connectivity index (χ2v) is 12.2. The third-order valence-corrected chi connectivity index (χ3v) is 9.76. The maximum absolute atomic E-state index is 13.6. The number of Topliss-reactive ketones (excluding diaryl/α,β-unsaturated/α-hetero) is 1. The second-order valence-electron chi connectivity index (χ2n) is 11.1. The molecule has 2 aliphatic rings. The van der Waals surface area contributed by atoms with Crippen LogP contribution in [0.25, 0.3) is 0 Å². The largest absolute Gasteiger partial charge is 0.494 e. The number of hydrogen-bond donors (Lipinski definition) is 2. The number of nitrogens with zero attached hydrogens (tertiary/aromatic N) is 1. The molecule has 0 spiro atoms. The van der Waals surface area contributed by atoms with Crippen molar-refractivity contribution in [2.24, 2.45) is 17.8 Å². The molecule has 1 aliphatic heterocycles. The third-order valence-electron chi connectivity index (χ3n) is 8.56. The SMILES string of the molecule is CCOc1cccc(C(=O)CC(CSc2ccccc2)C(O)CN2CC3CCCCC3CC2C(=O)NC)c1C. The number of fused-ring (bicyclic) bond motifs is 1. The minimum Gasteiger partial charge on any atom is -0.494 e. The van der Waals surface area contributed by atoms with E-state index in [9.17, 15) is 14.7 Å². The minimum absolute atomic E-state index is 0.0144. The fourth-order valence-corrected chi connectivity index (χ4v) is 7.43. The summed E-state index contributed by atoms with van der Waals surface area (Å²) in [4.78, 5) is 29.8. The van der Waals surface area contributed by atoms with E-state index in [1.807, 2.05) is 50.2 Å². The Bertz CT molecular complexity index is 1090. The monoisotopic (exact) mass is 552 g/mol. The van der Waals surface area contributed by atoms with E-state index in [0.717, 1.165) is 29.2 Å². The van der Waals surface area contributed by atoms with Gasteiger partial charge in [-0.1, -0.05) is 49.6 Å². The lowest BCUT2D eigenvalue weighted by Crippen LogP contribution is -2.56. The van der Waals surface area contributed by atoms with E-state index in [0.29, 0.717) is 36.3 Å². The second kappa shape index (κ2) is 14.3. The smallest absolute Gasteiger partial charge is 0.237 e. The average molecular weight is 553 g/mol. The summed E-state index contributed by atoms with van der Waals surface area (Å²) < 4.78 is 5.72. The molecule has 5 unspecified atom stereocenters. The normalized spacial score (nSPS) is 22.9. The van der Waals surface area contributed by atoms with E-state index in [4.69, 9.17) is 4.74 Å². The highest BCUT2D eigenvalue weighted by atomic mass is 32.2. The van der Waals surface area contributed by atoms with Gasteiger partial charge in [0.15, 0.2) is 5.78 Å². The van der Waals surface area contributed by atoms with Gasteiger partial charge in [-0.2, -0.15) is 0 Å². The summed E-state index contributed by atoms with van der Waals surface area (Å²) >= 11 is 1.67. The van der Waals surface area contributed by atoms with Crippen LogP contribution in [0.3, 0.4) is 0 Å². The zero-order chi connectivity index (χ0) is 27.8. The molecule has 5 atom stereocenters. The van der Waals surface area contributed by atoms with E-state index in [1.54, 1.807) is 18.8 Å². The molecule has 1 amide bonds. The van der Waals surface area contributed by atoms with Crippen LogP contribution >= 0.6 is 11.8 Å². The quantitative estimate of drug-likeness (QED) is 0.273. The molecule has 1 aliphatic carbocycles. The van der Waals surface area contributed by atoms with Crippen LogP contribution in [0.1, 0.15) is 61.4 Å². The van der Waals surface area contributed by atoms with Gasteiger partial charge in [-0.3, -0.25) is 14.5 Å². The number of likely N-dealkylation sites (tertiary alicyclic amines) is 1. The number of aliphatic hydroxyl groups excluding tert-OH is 1. The Balaban J connectivity index is 1.52. The molecule has 2 N–H and O–H groups in total. The predicted octanol–water partition coefficient (Wildman–Crippen LogP) is 5.36. The van der Waals surface area contributed by atoms with Crippen LogP contribution in [0.4, 0.5) is 0 Å². The molecule has 0 radical (unpaired) electrons. The first-order valence-corrected chi connectivity index (χ1v) is 15.5. The number of hydrogen-bond acceptors (Lipinski definition) is 6. The van der Waals surface area contributed by atoms with Crippen LogP contribution in [0.5, 0.6) is 5.75 Å². The predicted molar refractivity (Wildman–Crippen MR) is 157 cm³/mol. The van der Waals surface area contributed by atoms with E-state index < -0.39 is 6.10 Å². The van der Waals surface area contributed by atoms with Crippen molar-refractivity contribution >= 4 is 23.5 Å². The Hall–Kier alpha value is -2.35. The van der Waals surface area contributed by atoms with Gasteiger partial charge in [-0.15, -0.1) is 11.8 Å². The van der Waals surface area contributed by atoms with Gasteiger partial charge in [-0.05, 0) is 56.7 Å². The van der Waals surface area contributed by atoms with Crippen molar-refractivity contribution in [3.63, 3.8) is 0 Å². The fourth-order valence-electron chi connectivity index (χ4n) is 6.33. The Morgan fingerprint density at radius 2 is 1.85 bits per heavy atom. The zero-order valence-corrected chi connectivity index (χ0v) is 24.4. The van der Waals surface area contributed by atoms with Crippen LogP contribution in [-0.2, 0) is 4.79 Å². The number of thioether (sulfide) groups is 1. The third kappa shape index (κ3) is 7.65. The molecule has 0 bridgehead atoms. The topological polar surface area (TPSA) is 78.9 Å². The van der Waals surface area contributed by atoms with Crippen LogP contribution in [-0.4, -0.2) is 66.3 Å². The van der Waals surface area contributed by atoms with Gasteiger partial charge in [-0.25, -0.2) is 0 Å². The minimum atomic E-state index is -0.729. The molecule has 1 saturated heterocycles. The highest BCUT2D eigenvalue weighted by Gasteiger charge is 2.41. The molecular weight excluding hydrogens is 508 g/mol. The van der Waals surface area contributed by atoms with Crippen LogP contribution in [0, 0.1) is 24.7 Å². The number of piperidine rings is 1. The summed E-state index contributed by atoms with van der Waals surface area (Å²) in [6, 6.07) is 15.5. The maximum Gasteiger partial charge on any atom is 0.237 e. The van der Waals surface area contributed by atoms with Crippen molar-refractivity contribution in [3.05, 3.63) is 59.7 Å². The molecule has 4 rings (SSSR count). The van der Waals surface area contributed by atoms with Gasteiger partial charge in [0.1, 0.15) is 5.75 Å².